The van der Waals surface area contributed by atoms with Gasteiger partial charge in [0.05, 0.1) is 12.3 Å². The van der Waals surface area contributed by atoms with Crippen LogP contribution >= 0.6 is 0 Å². The van der Waals surface area contributed by atoms with E-state index in [2.05, 4.69) is 0 Å². The van der Waals surface area contributed by atoms with E-state index in [9.17, 15) is 25.5 Å². The van der Waals surface area contributed by atoms with Gasteiger partial charge in [-0.25, -0.2) is 0 Å². The van der Waals surface area contributed by atoms with Crippen LogP contribution in [-0.2, 0) is 0 Å². The molecule has 0 fully saturated rings. The molecule has 0 aliphatic carbocycles. The Morgan fingerprint density at radius 3 is 1.45 bits per heavy atom. The van der Waals surface area contributed by atoms with Crippen LogP contribution in [0.25, 0.3) is 0 Å². The molecular formula is C22H32O6Si. The van der Waals surface area contributed by atoms with E-state index in [1.54, 1.807) is 0 Å². The van der Waals surface area contributed by atoms with E-state index in [0.717, 1.165) is 10.4 Å². The highest BCUT2D eigenvalue weighted by atomic mass is 28.3. The van der Waals surface area contributed by atoms with E-state index in [0.29, 0.717) is 0 Å². The molecule has 2 aromatic rings. The molecule has 0 heterocycles. The maximum Gasteiger partial charge on any atom is 0.157 e. The average molecular weight is 421 g/mol. The molecule has 1 unspecified atom stereocenters. The number of hydrogen-bond acceptors (Lipinski definition) is 6. The minimum atomic E-state index is -3.18. The van der Waals surface area contributed by atoms with Gasteiger partial charge < -0.3 is 30.6 Å². The zero-order valence-corrected chi connectivity index (χ0v) is 18.1. The van der Waals surface area contributed by atoms with Gasteiger partial charge in [0, 0.05) is 0 Å². The fourth-order valence-corrected chi connectivity index (χ4v) is 9.98. The van der Waals surface area contributed by atoms with Crippen molar-refractivity contribution in [2.24, 2.45) is 0 Å². The molecule has 0 bridgehead atoms. The molecule has 0 radical (unpaired) electrons. The number of hydrogen-bond donors (Lipinski definition) is 6. The molecule has 7 heteroatoms. The predicted octanol–water partition coefficient (Wildman–Crippen LogP) is -0.614. The molecule has 0 amide bonds. The van der Waals surface area contributed by atoms with Gasteiger partial charge in [-0.05, 0) is 5.04 Å². The zero-order valence-electron chi connectivity index (χ0n) is 17.1. The lowest BCUT2D eigenvalue weighted by Gasteiger charge is -2.49. The summed E-state index contributed by atoms with van der Waals surface area (Å²) in [6.45, 7) is 5.18. The van der Waals surface area contributed by atoms with Crippen LogP contribution in [0, 0.1) is 0 Å². The first-order valence-corrected chi connectivity index (χ1v) is 11.8. The molecule has 6 N–H and O–H groups in total. The van der Waals surface area contributed by atoms with Crippen molar-refractivity contribution in [3.05, 3.63) is 60.7 Å². The fourth-order valence-electron chi connectivity index (χ4n) is 4.20. The molecule has 0 spiro atoms. The Balaban J connectivity index is 2.67. The van der Waals surface area contributed by atoms with Gasteiger partial charge in [0.1, 0.15) is 24.4 Å². The summed E-state index contributed by atoms with van der Waals surface area (Å²) in [5.41, 5.74) is -1.40. The molecule has 0 aliphatic rings. The lowest BCUT2D eigenvalue weighted by molar-refractivity contribution is -0.130. The Labute approximate surface area is 172 Å². The van der Waals surface area contributed by atoms with Crippen molar-refractivity contribution in [1.82, 2.24) is 0 Å². The highest BCUT2D eigenvalue weighted by molar-refractivity contribution is 7.05. The van der Waals surface area contributed by atoms with Crippen molar-refractivity contribution in [3.63, 3.8) is 0 Å². The molecule has 29 heavy (non-hydrogen) atoms. The van der Waals surface area contributed by atoms with Crippen molar-refractivity contribution in [2.75, 3.05) is 6.61 Å². The van der Waals surface area contributed by atoms with Gasteiger partial charge in [0.25, 0.3) is 0 Å². The summed E-state index contributed by atoms with van der Waals surface area (Å²) in [6.07, 6.45) is -7.01. The Morgan fingerprint density at radius 2 is 1.10 bits per heavy atom. The minimum absolute atomic E-state index is 0.490. The quantitative estimate of drug-likeness (QED) is 0.317. The molecule has 160 valence electrons. The molecule has 2 aromatic carbocycles. The first kappa shape index (κ1) is 23.7. The van der Waals surface area contributed by atoms with Crippen molar-refractivity contribution >= 4 is 18.4 Å². The van der Waals surface area contributed by atoms with Crippen LogP contribution in [0.5, 0.6) is 0 Å². The molecule has 5 atom stereocenters. The predicted molar refractivity (Wildman–Crippen MR) is 115 cm³/mol. The van der Waals surface area contributed by atoms with Gasteiger partial charge in [-0.3, -0.25) is 0 Å². The van der Waals surface area contributed by atoms with Crippen LogP contribution < -0.4 is 10.4 Å². The summed E-state index contributed by atoms with van der Waals surface area (Å²) < 4.78 is 0. The summed E-state index contributed by atoms with van der Waals surface area (Å²) in [4.78, 5) is 0. The number of benzene rings is 2. The van der Waals surface area contributed by atoms with E-state index >= 15 is 0 Å². The summed E-state index contributed by atoms with van der Waals surface area (Å²) >= 11 is 0. The fraction of sp³-hybridized carbons (Fsp3) is 0.455. The van der Waals surface area contributed by atoms with Gasteiger partial charge in [0.15, 0.2) is 8.07 Å². The molecule has 0 saturated carbocycles. The molecule has 0 aromatic heterocycles. The van der Waals surface area contributed by atoms with Gasteiger partial charge in [-0.1, -0.05) is 91.8 Å². The second kappa shape index (κ2) is 9.49. The van der Waals surface area contributed by atoms with Crippen LogP contribution in [0.2, 0.25) is 5.04 Å². The second-order valence-corrected chi connectivity index (χ2v) is 13.3. The SMILES string of the molecule is CC(C)(C)[Si](c1ccccc1)(c1ccccc1)C(O)[C@@H](O)[C@@H](O)[C@H](O)[C@H](O)CO. The second-order valence-electron chi connectivity index (χ2n) is 8.46. The highest BCUT2D eigenvalue weighted by Gasteiger charge is 2.56. The molecule has 0 aliphatic heterocycles. The zero-order chi connectivity index (χ0) is 21.8. The molecule has 2 rings (SSSR count). The summed E-state index contributed by atoms with van der Waals surface area (Å²) in [6, 6.07) is 18.8. The maximum atomic E-state index is 11.5. The number of rotatable bonds is 8. The first-order valence-electron chi connectivity index (χ1n) is 9.71. The Morgan fingerprint density at radius 1 is 0.690 bits per heavy atom. The van der Waals surface area contributed by atoms with Crippen LogP contribution in [0.3, 0.4) is 0 Å². The standard InChI is InChI=1S/C22H32O6Si/c1-22(2,3)29(15-10-6-4-7-11-15,16-12-8-5-9-13-16)21(28)20(27)19(26)18(25)17(24)14-23/h4-13,17-21,23-28H,14H2,1-3H3/t17-,18-,19+,20+,21?/m1/s1. The molecule has 6 nitrogen and oxygen atoms in total. The van der Waals surface area contributed by atoms with E-state index in [1.807, 2.05) is 81.4 Å². The number of aliphatic hydroxyl groups is 6. The van der Waals surface area contributed by atoms with Crippen LogP contribution in [-0.4, -0.2) is 75.5 Å². The van der Waals surface area contributed by atoms with Crippen LogP contribution in [0.1, 0.15) is 20.8 Å². The molecular weight excluding hydrogens is 388 g/mol. The first-order chi connectivity index (χ1) is 13.6. The van der Waals surface area contributed by atoms with Crippen molar-refractivity contribution in [3.8, 4) is 0 Å². The summed E-state index contributed by atoms with van der Waals surface area (Å²) in [5.74, 6) is 0. The number of aliphatic hydroxyl groups excluding tert-OH is 6. The molecule has 0 saturated heterocycles. The maximum absolute atomic E-state index is 11.5. The largest absolute Gasteiger partial charge is 0.394 e. The topological polar surface area (TPSA) is 121 Å². The normalized spacial score (nSPS) is 18.0. The third-order valence-corrected chi connectivity index (χ3v) is 11.8. The van der Waals surface area contributed by atoms with Gasteiger partial charge >= 0.3 is 0 Å². The van der Waals surface area contributed by atoms with Gasteiger partial charge in [-0.2, -0.15) is 0 Å². The Hall–Kier alpha value is -1.58. The van der Waals surface area contributed by atoms with E-state index < -0.39 is 49.9 Å². The average Bonchev–Trinajstić information content (AvgIpc) is 2.72. The van der Waals surface area contributed by atoms with E-state index in [1.165, 1.54) is 0 Å². The smallest absolute Gasteiger partial charge is 0.157 e. The van der Waals surface area contributed by atoms with E-state index in [-0.39, 0.29) is 0 Å². The van der Waals surface area contributed by atoms with Gasteiger partial charge in [0.2, 0.25) is 0 Å². The van der Waals surface area contributed by atoms with Crippen molar-refractivity contribution < 1.29 is 30.6 Å². The third-order valence-electron chi connectivity index (χ3n) is 5.69. The lowest BCUT2D eigenvalue weighted by Crippen LogP contribution is -2.75. The van der Waals surface area contributed by atoms with Crippen molar-refractivity contribution in [2.45, 2.75) is 56.0 Å². The van der Waals surface area contributed by atoms with Crippen molar-refractivity contribution in [1.29, 1.82) is 0 Å². The van der Waals surface area contributed by atoms with Crippen LogP contribution in [0.4, 0.5) is 0 Å². The van der Waals surface area contributed by atoms with E-state index in [4.69, 9.17) is 5.11 Å². The Bertz CT molecular complexity index is 709. The van der Waals surface area contributed by atoms with Gasteiger partial charge in [-0.15, -0.1) is 0 Å². The Kier molecular flexibility index (Phi) is 7.75. The van der Waals surface area contributed by atoms with Crippen LogP contribution in [0.15, 0.2) is 60.7 Å². The summed E-state index contributed by atoms with van der Waals surface area (Å²) in [5, 5.41) is 63.0. The summed E-state index contributed by atoms with van der Waals surface area (Å²) in [7, 11) is -3.18. The lowest BCUT2D eigenvalue weighted by atomic mass is 10.0. The highest BCUT2D eigenvalue weighted by Crippen LogP contribution is 2.39. The monoisotopic (exact) mass is 420 g/mol. The minimum Gasteiger partial charge on any atom is -0.394 e. The third kappa shape index (κ3) is 4.46.